The zero-order chi connectivity index (χ0) is 17.0. The molecular formula is C15H20N4O2S2. The molecule has 2 rings (SSSR count). The summed E-state index contributed by atoms with van der Waals surface area (Å²) in [7, 11) is 3.25. The van der Waals surface area contributed by atoms with Crippen molar-refractivity contribution < 1.29 is 9.53 Å². The van der Waals surface area contributed by atoms with Crippen molar-refractivity contribution in [2.75, 3.05) is 12.4 Å². The maximum Gasteiger partial charge on any atom is 0.341 e. The number of aromatic nitrogens is 2. The number of anilines is 1. The number of aryl methyl sites for hydroxylation is 2. The van der Waals surface area contributed by atoms with Crippen molar-refractivity contribution in [2.24, 2.45) is 7.05 Å². The molecule has 2 N–H and O–H groups in total. The smallest absolute Gasteiger partial charge is 0.341 e. The standard InChI is InChI=1S/C15H20N4O2S2/c1-5-11-9(2)23-13(12(11)14(20)21-4)17-15(22)16-8-10-6-7-19(3)18-10/h6-7H,5,8H2,1-4H3,(H2,16,17,22). The minimum absolute atomic E-state index is 0.346. The van der Waals surface area contributed by atoms with Gasteiger partial charge >= 0.3 is 5.97 Å². The largest absolute Gasteiger partial charge is 0.465 e. The van der Waals surface area contributed by atoms with E-state index in [0.717, 1.165) is 22.6 Å². The normalized spacial score (nSPS) is 10.4. The third-order valence-electron chi connectivity index (χ3n) is 3.38. The van der Waals surface area contributed by atoms with E-state index in [1.165, 1.54) is 18.4 Å². The maximum atomic E-state index is 12.1. The second-order valence-corrected chi connectivity index (χ2v) is 6.61. The Morgan fingerprint density at radius 2 is 2.26 bits per heavy atom. The van der Waals surface area contributed by atoms with Gasteiger partial charge in [0.2, 0.25) is 0 Å². The van der Waals surface area contributed by atoms with Gasteiger partial charge in [0.25, 0.3) is 0 Å². The molecule has 0 saturated heterocycles. The summed E-state index contributed by atoms with van der Waals surface area (Å²) in [5.74, 6) is -0.346. The number of methoxy groups -OCH3 is 1. The lowest BCUT2D eigenvalue weighted by Crippen LogP contribution is -2.28. The third kappa shape index (κ3) is 4.08. The molecule has 0 aliphatic carbocycles. The predicted octanol–water partition coefficient (Wildman–Crippen LogP) is 2.63. The van der Waals surface area contributed by atoms with E-state index in [9.17, 15) is 4.79 Å². The predicted molar refractivity (Wildman–Crippen MR) is 96.0 cm³/mol. The van der Waals surface area contributed by atoms with Gasteiger partial charge in [-0.25, -0.2) is 4.79 Å². The molecule has 0 unspecified atom stereocenters. The summed E-state index contributed by atoms with van der Waals surface area (Å²) in [4.78, 5) is 13.1. The summed E-state index contributed by atoms with van der Waals surface area (Å²) in [6, 6.07) is 1.92. The fourth-order valence-electron chi connectivity index (χ4n) is 2.29. The molecule has 2 heterocycles. The topological polar surface area (TPSA) is 68.2 Å². The van der Waals surface area contributed by atoms with E-state index in [1.54, 1.807) is 4.68 Å². The van der Waals surface area contributed by atoms with E-state index in [1.807, 2.05) is 33.2 Å². The zero-order valence-corrected chi connectivity index (χ0v) is 15.2. The van der Waals surface area contributed by atoms with E-state index >= 15 is 0 Å². The lowest BCUT2D eigenvalue weighted by molar-refractivity contribution is 0.0601. The highest BCUT2D eigenvalue weighted by molar-refractivity contribution is 7.80. The van der Waals surface area contributed by atoms with Gasteiger partial charge in [0.05, 0.1) is 24.9 Å². The summed E-state index contributed by atoms with van der Waals surface area (Å²) in [6.45, 7) is 4.53. The Morgan fingerprint density at radius 1 is 1.52 bits per heavy atom. The molecule has 0 amide bonds. The molecule has 0 radical (unpaired) electrons. The Labute approximate surface area is 144 Å². The van der Waals surface area contributed by atoms with Crippen LogP contribution in [0.25, 0.3) is 0 Å². The van der Waals surface area contributed by atoms with Crippen LogP contribution in [0.2, 0.25) is 0 Å². The van der Waals surface area contributed by atoms with Crippen molar-refractivity contribution in [1.29, 1.82) is 0 Å². The van der Waals surface area contributed by atoms with Crippen molar-refractivity contribution in [3.63, 3.8) is 0 Å². The van der Waals surface area contributed by atoms with Crippen LogP contribution < -0.4 is 10.6 Å². The van der Waals surface area contributed by atoms with Gasteiger partial charge in [0, 0.05) is 18.1 Å². The number of nitrogens with zero attached hydrogens (tertiary/aromatic N) is 2. The lowest BCUT2D eigenvalue weighted by Gasteiger charge is -2.10. The molecule has 0 aliphatic rings. The van der Waals surface area contributed by atoms with Crippen LogP contribution in [0.15, 0.2) is 12.3 Å². The van der Waals surface area contributed by atoms with Gasteiger partial charge in [-0.15, -0.1) is 11.3 Å². The van der Waals surface area contributed by atoms with Crippen LogP contribution in [0.4, 0.5) is 5.00 Å². The highest BCUT2D eigenvalue weighted by Gasteiger charge is 2.22. The van der Waals surface area contributed by atoms with Crippen molar-refractivity contribution in [3.05, 3.63) is 34.0 Å². The first-order chi connectivity index (χ1) is 11.0. The van der Waals surface area contributed by atoms with Crippen molar-refractivity contribution in [2.45, 2.75) is 26.8 Å². The Balaban J connectivity index is 2.09. The number of carbonyl (C=O) groups is 1. The van der Waals surface area contributed by atoms with Gasteiger partial charge in [0.1, 0.15) is 5.00 Å². The molecule has 6 nitrogen and oxygen atoms in total. The fourth-order valence-corrected chi connectivity index (χ4v) is 3.66. The van der Waals surface area contributed by atoms with Gasteiger partial charge in [-0.3, -0.25) is 4.68 Å². The Kier molecular flexibility index (Phi) is 5.73. The number of hydrogen-bond donors (Lipinski definition) is 2. The van der Waals surface area contributed by atoms with E-state index < -0.39 is 0 Å². The summed E-state index contributed by atoms with van der Waals surface area (Å²) < 4.78 is 6.63. The monoisotopic (exact) mass is 352 g/mol. The number of ether oxygens (including phenoxy) is 1. The summed E-state index contributed by atoms with van der Waals surface area (Å²) in [5.41, 5.74) is 2.46. The molecule has 0 aromatic carbocycles. The van der Waals surface area contributed by atoms with Crippen LogP contribution in [0.5, 0.6) is 0 Å². The van der Waals surface area contributed by atoms with Crippen molar-refractivity contribution >= 4 is 39.6 Å². The number of carbonyl (C=O) groups excluding carboxylic acids is 1. The molecule has 124 valence electrons. The Hall–Kier alpha value is -1.93. The molecule has 0 bridgehead atoms. The number of esters is 1. The zero-order valence-electron chi connectivity index (χ0n) is 13.6. The molecule has 0 saturated carbocycles. The number of thiophene rings is 1. The molecule has 2 aromatic rings. The molecule has 0 aliphatic heterocycles. The highest BCUT2D eigenvalue weighted by Crippen LogP contribution is 2.33. The number of hydrogen-bond acceptors (Lipinski definition) is 5. The van der Waals surface area contributed by atoms with Crippen LogP contribution >= 0.6 is 23.6 Å². The second kappa shape index (κ2) is 7.56. The minimum Gasteiger partial charge on any atom is -0.465 e. The van der Waals surface area contributed by atoms with Gasteiger partial charge in [-0.05, 0) is 37.2 Å². The third-order valence-corrected chi connectivity index (χ3v) is 4.69. The molecule has 0 spiro atoms. The molecule has 23 heavy (non-hydrogen) atoms. The minimum atomic E-state index is -0.346. The van der Waals surface area contributed by atoms with Crippen LogP contribution in [0.3, 0.4) is 0 Å². The molecule has 2 aromatic heterocycles. The fraction of sp³-hybridized carbons (Fsp3) is 0.400. The maximum absolute atomic E-state index is 12.1. The average Bonchev–Trinajstić information content (AvgIpc) is 3.07. The number of nitrogens with one attached hydrogen (secondary N) is 2. The summed E-state index contributed by atoms with van der Waals surface area (Å²) >= 11 is 6.82. The first-order valence-corrected chi connectivity index (χ1v) is 8.42. The van der Waals surface area contributed by atoms with E-state index in [2.05, 4.69) is 15.7 Å². The highest BCUT2D eigenvalue weighted by atomic mass is 32.1. The Morgan fingerprint density at radius 3 is 2.83 bits per heavy atom. The Bertz CT molecular complexity index is 721. The number of thiocarbonyl (C=S) groups is 1. The first kappa shape index (κ1) is 17.4. The van der Waals surface area contributed by atoms with Gasteiger partial charge in [-0.2, -0.15) is 5.10 Å². The first-order valence-electron chi connectivity index (χ1n) is 7.20. The quantitative estimate of drug-likeness (QED) is 0.637. The van der Waals surface area contributed by atoms with Crippen LogP contribution in [-0.4, -0.2) is 28.0 Å². The van der Waals surface area contributed by atoms with Gasteiger partial charge < -0.3 is 15.4 Å². The summed E-state index contributed by atoms with van der Waals surface area (Å²) in [6.07, 6.45) is 2.64. The van der Waals surface area contributed by atoms with E-state index in [-0.39, 0.29) is 5.97 Å². The second-order valence-electron chi connectivity index (χ2n) is 4.97. The van der Waals surface area contributed by atoms with E-state index in [4.69, 9.17) is 17.0 Å². The van der Waals surface area contributed by atoms with Gasteiger partial charge in [0.15, 0.2) is 5.11 Å². The van der Waals surface area contributed by atoms with Gasteiger partial charge in [-0.1, -0.05) is 6.92 Å². The summed E-state index contributed by atoms with van der Waals surface area (Å²) in [5, 5.41) is 11.6. The number of rotatable bonds is 5. The molecule has 0 atom stereocenters. The molecule has 8 heteroatoms. The van der Waals surface area contributed by atoms with Crippen LogP contribution in [0.1, 0.15) is 33.4 Å². The van der Waals surface area contributed by atoms with E-state index in [0.29, 0.717) is 22.2 Å². The molecule has 0 fully saturated rings. The SMILES string of the molecule is CCc1c(C)sc(NC(=S)NCc2ccn(C)n2)c1C(=O)OC. The molecular weight excluding hydrogens is 332 g/mol. The van der Waals surface area contributed by atoms with Crippen LogP contribution in [0, 0.1) is 6.92 Å². The average molecular weight is 352 g/mol. The van der Waals surface area contributed by atoms with Crippen molar-refractivity contribution in [1.82, 2.24) is 15.1 Å². The van der Waals surface area contributed by atoms with Crippen LogP contribution in [-0.2, 0) is 24.8 Å². The van der Waals surface area contributed by atoms with Crippen molar-refractivity contribution in [3.8, 4) is 0 Å². The lowest BCUT2D eigenvalue weighted by atomic mass is 10.1.